The number of para-hydroxylation sites is 1. The Kier molecular flexibility index (Phi) is 6.49. The molecule has 1 saturated heterocycles. The van der Waals surface area contributed by atoms with Crippen LogP contribution in [0.15, 0.2) is 59.5 Å². The maximum Gasteiger partial charge on any atom is 0.264 e. The van der Waals surface area contributed by atoms with Crippen LogP contribution in [0.25, 0.3) is 0 Å². The maximum atomic E-state index is 13.0. The number of anilines is 1. The van der Waals surface area contributed by atoms with E-state index in [2.05, 4.69) is 5.32 Å². The van der Waals surface area contributed by atoms with Gasteiger partial charge in [-0.1, -0.05) is 24.3 Å². The monoisotopic (exact) mass is 451 g/mol. The lowest BCUT2D eigenvalue weighted by molar-refractivity contribution is 0.0921. The Morgan fingerprint density at radius 1 is 1.07 bits per heavy atom. The van der Waals surface area contributed by atoms with Gasteiger partial charge >= 0.3 is 0 Å². The van der Waals surface area contributed by atoms with Crippen molar-refractivity contribution < 1.29 is 21.6 Å². The van der Waals surface area contributed by atoms with Gasteiger partial charge in [0.15, 0.2) is 0 Å². The van der Waals surface area contributed by atoms with Crippen LogP contribution in [-0.4, -0.2) is 59.5 Å². The van der Waals surface area contributed by atoms with Crippen LogP contribution in [0.4, 0.5) is 5.69 Å². The second-order valence-corrected chi connectivity index (χ2v) is 11.2. The number of hydrogen-bond acceptors (Lipinski definition) is 5. The Bertz CT molecular complexity index is 1120. The Balaban J connectivity index is 1.77. The second-order valence-electron chi connectivity index (χ2n) is 7.27. The van der Waals surface area contributed by atoms with Gasteiger partial charge < -0.3 is 5.32 Å². The van der Waals surface area contributed by atoms with Gasteiger partial charge in [0.25, 0.3) is 15.9 Å². The van der Waals surface area contributed by atoms with Gasteiger partial charge in [0.1, 0.15) is 0 Å². The van der Waals surface area contributed by atoms with Crippen molar-refractivity contribution in [2.75, 3.05) is 30.7 Å². The van der Waals surface area contributed by atoms with Crippen molar-refractivity contribution in [2.24, 2.45) is 0 Å². The Morgan fingerprint density at radius 3 is 2.43 bits per heavy atom. The zero-order valence-corrected chi connectivity index (χ0v) is 18.5. The average molecular weight is 452 g/mol. The minimum atomic E-state index is -3.84. The summed E-state index contributed by atoms with van der Waals surface area (Å²) in [6.45, 7) is 0.643. The highest BCUT2D eigenvalue weighted by Crippen LogP contribution is 2.22. The van der Waals surface area contributed by atoms with Crippen LogP contribution in [0.5, 0.6) is 0 Å². The van der Waals surface area contributed by atoms with E-state index in [4.69, 9.17) is 0 Å². The summed E-state index contributed by atoms with van der Waals surface area (Å²) in [5.74, 6) is -0.435. The third-order valence-electron chi connectivity index (χ3n) is 5.06. The number of nitrogens with zero attached hydrogens (tertiary/aromatic N) is 2. The minimum Gasteiger partial charge on any atom is -0.348 e. The summed E-state index contributed by atoms with van der Waals surface area (Å²) < 4.78 is 52.0. The third-order valence-corrected chi connectivity index (χ3v) is 8.11. The molecule has 0 saturated carbocycles. The molecule has 1 amide bonds. The SMILES string of the molecule is CN(c1ccccc1)S(=O)(=O)c1cccc(C(=O)NC2CCCN(S(C)(=O)=O)C2)c1. The number of amides is 1. The summed E-state index contributed by atoms with van der Waals surface area (Å²) in [4.78, 5) is 12.7. The predicted molar refractivity (Wildman–Crippen MR) is 115 cm³/mol. The average Bonchev–Trinajstić information content (AvgIpc) is 2.73. The Morgan fingerprint density at radius 2 is 1.77 bits per heavy atom. The van der Waals surface area contributed by atoms with Crippen molar-refractivity contribution in [3.8, 4) is 0 Å². The standard InChI is InChI=1S/C20H25N3O5S2/c1-22(18-10-4-3-5-11-18)30(27,28)19-12-6-8-16(14-19)20(24)21-17-9-7-13-23(15-17)29(2,25)26/h3-6,8,10-12,14,17H,7,9,13,15H2,1-2H3,(H,21,24). The molecule has 1 heterocycles. The van der Waals surface area contributed by atoms with Crippen molar-refractivity contribution in [1.29, 1.82) is 0 Å². The Labute approximate surface area is 177 Å². The van der Waals surface area contributed by atoms with Crippen LogP contribution in [0, 0.1) is 0 Å². The van der Waals surface area contributed by atoms with E-state index in [0.29, 0.717) is 25.1 Å². The van der Waals surface area contributed by atoms with Gasteiger partial charge in [0.05, 0.1) is 16.8 Å². The summed E-state index contributed by atoms with van der Waals surface area (Å²) in [7, 11) is -5.71. The number of carbonyl (C=O) groups is 1. The normalized spacial score (nSPS) is 18.0. The molecule has 1 aliphatic heterocycles. The van der Waals surface area contributed by atoms with E-state index < -0.39 is 26.0 Å². The molecule has 10 heteroatoms. The molecule has 0 aliphatic carbocycles. The number of sulfonamides is 2. The fourth-order valence-corrected chi connectivity index (χ4v) is 5.52. The molecule has 1 aliphatic rings. The molecule has 1 fully saturated rings. The van der Waals surface area contributed by atoms with Gasteiger partial charge in [-0.2, -0.15) is 0 Å². The van der Waals surface area contributed by atoms with E-state index in [1.807, 2.05) is 0 Å². The zero-order valence-electron chi connectivity index (χ0n) is 16.9. The van der Waals surface area contributed by atoms with E-state index >= 15 is 0 Å². The van der Waals surface area contributed by atoms with Gasteiger partial charge in [-0.05, 0) is 43.2 Å². The molecule has 1 atom stereocenters. The van der Waals surface area contributed by atoms with E-state index in [1.54, 1.807) is 30.3 Å². The lowest BCUT2D eigenvalue weighted by atomic mass is 10.1. The van der Waals surface area contributed by atoms with Crippen LogP contribution < -0.4 is 9.62 Å². The highest BCUT2D eigenvalue weighted by Gasteiger charge is 2.28. The largest absolute Gasteiger partial charge is 0.348 e. The van der Waals surface area contributed by atoms with E-state index in [1.165, 1.54) is 35.6 Å². The molecule has 1 unspecified atom stereocenters. The lowest BCUT2D eigenvalue weighted by Gasteiger charge is -2.31. The molecule has 0 bridgehead atoms. The summed E-state index contributed by atoms with van der Waals surface area (Å²) in [6.07, 6.45) is 2.45. The van der Waals surface area contributed by atoms with Gasteiger partial charge in [-0.15, -0.1) is 0 Å². The van der Waals surface area contributed by atoms with Gasteiger partial charge in [0, 0.05) is 31.7 Å². The molecule has 0 radical (unpaired) electrons. The number of rotatable bonds is 6. The fourth-order valence-electron chi connectivity index (χ4n) is 3.36. The first-order valence-corrected chi connectivity index (χ1v) is 12.8. The summed E-state index contributed by atoms with van der Waals surface area (Å²) in [5.41, 5.74) is 0.712. The zero-order chi connectivity index (χ0) is 21.9. The van der Waals surface area contributed by atoms with Crippen LogP contribution in [0.3, 0.4) is 0 Å². The summed E-state index contributed by atoms with van der Waals surface area (Å²) in [6, 6.07) is 14.2. The van der Waals surface area contributed by atoms with Crippen molar-refractivity contribution >= 4 is 31.6 Å². The van der Waals surface area contributed by atoms with Crippen molar-refractivity contribution in [3.05, 3.63) is 60.2 Å². The highest BCUT2D eigenvalue weighted by atomic mass is 32.2. The molecular weight excluding hydrogens is 426 g/mol. The number of nitrogens with one attached hydrogen (secondary N) is 1. The molecular formula is C20H25N3O5S2. The van der Waals surface area contributed by atoms with Crippen molar-refractivity contribution in [3.63, 3.8) is 0 Å². The van der Waals surface area contributed by atoms with E-state index in [9.17, 15) is 21.6 Å². The van der Waals surface area contributed by atoms with Crippen LogP contribution in [-0.2, 0) is 20.0 Å². The van der Waals surface area contributed by atoms with Gasteiger partial charge in [-0.3, -0.25) is 9.10 Å². The van der Waals surface area contributed by atoms with Gasteiger partial charge in [-0.25, -0.2) is 21.1 Å². The number of hydrogen-bond donors (Lipinski definition) is 1. The first-order chi connectivity index (χ1) is 14.1. The fraction of sp³-hybridized carbons (Fsp3) is 0.350. The second kappa shape index (κ2) is 8.75. The molecule has 3 rings (SSSR count). The molecule has 1 N–H and O–H groups in total. The number of carbonyl (C=O) groups excluding carboxylic acids is 1. The van der Waals surface area contributed by atoms with Gasteiger partial charge in [0.2, 0.25) is 10.0 Å². The molecule has 162 valence electrons. The molecule has 8 nitrogen and oxygen atoms in total. The molecule has 30 heavy (non-hydrogen) atoms. The highest BCUT2D eigenvalue weighted by molar-refractivity contribution is 7.92. The summed E-state index contributed by atoms with van der Waals surface area (Å²) >= 11 is 0. The molecule has 2 aromatic carbocycles. The summed E-state index contributed by atoms with van der Waals surface area (Å²) in [5, 5.41) is 2.82. The van der Waals surface area contributed by atoms with Crippen LogP contribution in [0.2, 0.25) is 0 Å². The predicted octanol–water partition coefficient (Wildman–Crippen LogP) is 1.67. The Hall–Kier alpha value is -2.43. The smallest absolute Gasteiger partial charge is 0.264 e. The quantitative estimate of drug-likeness (QED) is 0.719. The van der Waals surface area contributed by atoms with Crippen LogP contribution in [0.1, 0.15) is 23.2 Å². The van der Waals surface area contributed by atoms with E-state index in [0.717, 1.165) is 10.6 Å². The molecule has 0 aromatic heterocycles. The minimum absolute atomic E-state index is 0.00269. The molecule has 2 aromatic rings. The van der Waals surface area contributed by atoms with Crippen molar-refractivity contribution in [2.45, 2.75) is 23.8 Å². The first kappa shape index (κ1) is 22.3. The first-order valence-electron chi connectivity index (χ1n) is 9.49. The maximum absolute atomic E-state index is 13.0. The topological polar surface area (TPSA) is 104 Å². The third kappa shape index (κ3) is 5.00. The van der Waals surface area contributed by atoms with Crippen molar-refractivity contribution in [1.82, 2.24) is 9.62 Å². The number of piperidine rings is 1. The van der Waals surface area contributed by atoms with E-state index in [-0.39, 0.29) is 23.0 Å². The van der Waals surface area contributed by atoms with Crippen LogP contribution >= 0.6 is 0 Å². The lowest BCUT2D eigenvalue weighted by Crippen LogP contribution is -2.49. The molecule has 0 spiro atoms. The number of benzene rings is 2.